The number of aliphatic carboxylic acids is 1. The van der Waals surface area contributed by atoms with Crippen LogP contribution in [-0.2, 0) is 11.2 Å². The third kappa shape index (κ3) is 4.97. The van der Waals surface area contributed by atoms with Crippen LogP contribution in [0.2, 0.25) is 0 Å². The first-order valence-electron chi connectivity index (χ1n) is 8.79. The molecular weight excluding hydrogens is 540 g/mol. The SMILES string of the molecule is CCc1nc2ccc(Br)cc2c(=O)n1N=Cc1cc(Br)cc([N+](=O)[O-])c1OCC(=O)O. The average molecular weight is 554 g/mol. The number of aryl methyl sites for hydroxylation is 1. The van der Waals surface area contributed by atoms with E-state index < -0.39 is 28.7 Å². The highest BCUT2D eigenvalue weighted by Crippen LogP contribution is 2.34. The zero-order valence-electron chi connectivity index (χ0n) is 15.9. The van der Waals surface area contributed by atoms with Crippen LogP contribution in [0.4, 0.5) is 5.69 Å². The highest BCUT2D eigenvalue weighted by Gasteiger charge is 2.21. The molecule has 0 fully saturated rings. The Morgan fingerprint density at radius 2 is 2.06 bits per heavy atom. The Balaban J connectivity index is 2.18. The Labute approximate surface area is 191 Å². The largest absolute Gasteiger partial charge is 0.479 e. The van der Waals surface area contributed by atoms with E-state index in [0.717, 1.165) is 4.68 Å². The lowest BCUT2D eigenvalue weighted by molar-refractivity contribution is -0.385. The number of hydrogen-bond acceptors (Lipinski definition) is 7. The van der Waals surface area contributed by atoms with Gasteiger partial charge in [-0.2, -0.15) is 9.78 Å². The van der Waals surface area contributed by atoms with Crippen molar-refractivity contribution in [3.8, 4) is 5.75 Å². The van der Waals surface area contributed by atoms with Gasteiger partial charge < -0.3 is 9.84 Å². The Morgan fingerprint density at radius 1 is 1.32 bits per heavy atom. The Morgan fingerprint density at radius 3 is 2.71 bits per heavy atom. The highest BCUT2D eigenvalue weighted by atomic mass is 79.9. The number of carboxylic acid groups (broad SMARTS) is 1. The molecule has 3 aromatic rings. The summed E-state index contributed by atoms with van der Waals surface area (Å²) in [7, 11) is 0. The molecule has 10 nitrogen and oxygen atoms in total. The fraction of sp³-hybridized carbons (Fsp3) is 0.158. The van der Waals surface area contributed by atoms with Crippen LogP contribution in [0.3, 0.4) is 0 Å². The molecule has 0 aliphatic rings. The van der Waals surface area contributed by atoms with Crippen LogP contribution in [0, 0.1) is 10.1 Å². The molecule has 0 atom stereocenters. The lowest BCUT2D eigenvalue weighted by atomic mass is 10.2. The van der Waals surface area contributed by atoms with Crippen molar-refractivity contribution in [2.75, 3.05) is 6.61 Å². The number of aromatic nitrogens is 2. The van der Waals surface area contributed by atoms with Crippen LogP contribution >= 0.6 is 31.9 Å². The summed E-state index contributed by atoms with van der Waals surface area (Å²) in [5.41, 5.74) is -0.233. The molecular formula is C19H14Br2N4O6. The normalized spacial score (nSPS) is 11.2. The van der Waals surface area contributed by atoms with Gasteiger partial charge in [-0.25, -0.2) is 9.78 Å². The van der Waals surface area contributed by atoms with E-state index in [-0.39, 0.29) is 11.3 Å². The minimum atomic E-state index is -1.30. The highest BCUT2D eigenvalue weighted by molar-refractivity contribution is 9.10. The molecule has 0 saturated carbocycles. The number of carbonyl (C=O) groups is 1. The molecule has 0 aliphatic carbocycles. The van der Waals surface area contributed by atoms with Crippen LogP contribution < -0.4 is 10.3 Å². The van der Waals surface area contributed by atoms with Crippen LogP contribution in [-0.4, -0.2) is 38.5 Å². The van der Waals surface area contributed by atoms with Crippen molar-refractivity contribution in [1.29, 1.82) is 0 Å². The number of nitrogens with zero attached hydrogens (tertiary/aromatic N) is 4. The summed E-state index contributed by atoms with van der Waals surface area (Å²) >= 11 is 6.50. The van der Waals surface area contributed by atoms with Crippen LogP contribution in [0.25, 0.3) is 10.9 Å². The van der Waals surface area contributed by atoms with E-state index in [1.807, 2.05) is 6.92 Å². The van der Waals surface area contributed by atoms with Crippen molar-refractivity contribution in [2.45, 2.75) is 13.3 Å². The summed E-state index contributed by atoms with van der Waals surface area (Å²) < 4.78 is 7.30. The Hall–Kier alpha value is -3.12. The molecule has 12 heteroatoms. The smallest absolute Gasteiger partial charge is 0.341 e. The molecule has 1 aromatic heterocycles. The minimum absolute atomic E-state index is 0.116. The van der Waals surface area contributed by atoms with Gasteiger partial charge in [-0.3, -0.25) is 14.9 Å². The number of nitro benzene ring substituents is 1. The Kier molecular flexibility index (Phi) is 6.81. The molecule has 3 rings (SSSR count). The van der Waals surface area contributed by atoms with Gasteiger partial charge in [0.2, 0.25) is 5.75 Å². The van der Waals surface area contributed by atoms with Crippen LogP contribution in [0.1, 0.15) is 18.3 Å². The van der Waals surface area contributed by atoms with Crippen molar-refractivity contribution in [3.05, 3.63) is 71.1 Å². The molecule has 0 unspecified atom stereocenters. The van der Waals surface area contributed by atoms with Gasteiger partial charge in [0, 0.05) is 27.0 Å². The van der Waals surface area contributed by atoms with Gasteiger partial charge in [0.15, 0.2) is 6.61 Å². The zero-order valence-corrected chi connectivity index (χ0v) is 19.1. The maximum atomic E-state index is 13.0. The lowest BCUT2D eigenvalue weighted by Crippen LogP contribution is -2.22. The van der Waals surface area contributed by atoms with Crippen molar-refractivity contribution in [3.63, 3.8) is 0 Å². The van der Waals surface area contributed by atoms with E-state index in [4.69, 9.17) is 9.84 Å². The van der Waals surface area contributed by atoms with E-state index in [9.17, 15) is 19.7 Å². The van der Waals surface area contributed by atoms with Gasteiger partial charge in [-0.05, 0) is 24.3 Å². The van der Waals surface area contributed by atoms with Crippen molar-refractivity contribution in [2.24, 2.45) is 5.10 Å². The molecule has 0 saturated heterocycles. The summed E-state index contributed by atoms with van der Waals surface area (Å²) in [6.45, 7) is 1.03. The summed E-state index contributed by atoms with van der Waals surface area (Å²) in [6.07, 6.45) is 1.60. The molecule has 2 aromatic carbocycles. The third-order valence-electron chi connectivity index (χ3n) is 4.10. The molecule has 31 heavy (non-hydrogen) atoms. The summed E-state index contributed by atoms with van der Waals surface area (Å²) in [4.78, 5) is 39.1. The fourth-order valence-electron chi connectivity index (χ4n) is 2.79. The minimum Gasteiger partial charge on any atom is -0.479 e. The topological polar surface area (TPSA) is 137 Å². The van der Waals surface area contributed by atoms with Crippen LogP contribution in [0.5, 0.6) is 5.75 Å². The van der Waals surface area contributed by atoms with Crippen LogP contribution in [0.15, 0.2) is 49.2 Å². The van der Waals surface area contributed by atoms with E-state index in [2.05, 4.69) is 41.9 Å². The van der Waals surface area contributed by atoms with E-state index in [1.54, 1.807) is 18.2 Å². The first-order chi connectivity index (χ1) is 14.7. The number of fused-ring (bicyclic) bond motifs is 1. The summed E-state index contributed by atoms with van der Waals surface area (Å²) in [5, 5.41) is 24.8. The van der Waals surface area contributed by atoms with E-state index in [0.29, 0.717) is 32.1 Å². The van der Waals surface area contributed by atoms with E-state index >= 15 is 0 Å². The summed E-state index contributed by atoms with van der Waals surface area (Å²) in [5.74, 6) is -1.19. The van der Waals surface area contributed by atoms with E-state index in [1.165, 1.54) is 18.3 Å². The quantitative estimate of drug-likeness (QED) is 0.267. The molecule has 1 N–H and O–H groups in total. The fourth-order valence-corrected chi connectivity index (χ4v) is 3.61. The Bertz CT molecular complexity index is 1290. The molecule has 0 bridgehead atoms. The second kappa shape index (κ2) is 9.35. The van der Waals surface area contributed by atoms with Crippen molar-refractivity contribution >= 4 is 60.6 Å². The van der Waals surface area contributed by atoms with Gasteiger partial charge in [0.05, 0.1) is 22.0 Å². The predicted octanol–water partition coefficient (Wildman–Crippen LogP) is 3.74. The number of halogens is 2. The predicted molar refractivity (Wildman–Crippen MR) is 120 cm³/mol. The monoisotopic (exact) mass is 552 g/mol. The van der Waals surface area contributed by atoms with Gasteiger partial charge in [-0.1, -0.05) is 38.8 Å². The average Bonchev–Trinajstić information content (AvgIpc) is 2.71. The first-order valence-corrected chi connectivity index (χ1v) is 10.4. The molecule has 0 spiro atoms. The third-order valence-corrected chi connectivity index (χ3v) is 5.05. The summed E-state index contributed by atoms with van der Waals surface area (Å²) in [6, 6.07) is 7.77. The maximum absolute atomic E-state index is 13.0. The number of hydrogen-bond donors (Lipinski definition) is 1. The number of benzene rings is 2. The number of ether oxygens (including phenoxy) is 1. The zero-order chi connectivity index (χ0) is 22.7. The van der Waals surface area contributed by atoms with Crippen molar-refractivity contribution < 1.29 is 19.6 Å². The molecule has 1 heterocycles. The van der Waals surface area contributed by atoms with Gasteiger partial charge in [0.25, 0.3) is 5.56 Å². The number of rotatable bonds is 7. The van der Waals surface area contributed by atoms with Gasteiger partial charge >= 0.3 is 11.7 Å². The molecule has 160 valence electrons. The van der Waals surface area contributed by atoms with Crippen molar-refractivity contribution in [1.82, 2.24) is 9.66 Å². The molecule has 0 radical (unpaired) electrons. The molecule has 0 aliphatic heterocycles. The van der Waals surface area contributed by atoms with Gasteiger partial charge in [0.1, 0.15) is 5.82 Å². The first kappa shape index (κ1) is 22.6. The maximum Gasteiger partial charge on any atom is 0.341 e. The number of nitro groups is 1. The van der Waals surface area contributed by atoms with Gasteiger partial charge in [-0.15, -0.1) is 0 Å². The second-order valence-electron chi connectivity index (χ2n) is 6.19. The molecule has 0 amide bonds. The lowest BCUT2D eigenvalue weighted by Gasteiger charge is -2.10. The second-order valence-corrected chi connectivity index (χ2v) is 8.02. The number of carboxylic acids is 1. The standard InChI is InChI=1S/C19H14Br2N4O6/c1-2-16-23-14-4-3-11(20)6-13(14)19(28)24(16)22-8-10-5-12(21)7-15(25(29)30)18(10)31-9-17(26)27/h3-8H,2,9H2,1H3,(H,26,27).